The third-order valence-corrected chi connectivity index (χ3v) is 6.53. The first-order valence-corrected chi connectivity index (χ1v) is 10.7. The highest BCUT2D eigenvalue weighted by atomic mass is 32.2. The lowest BCUT2D eigenvalue weighted by atomic mass is 10.1. The number of nitrogens with one attached hydrogen (secondary N) is 1. The molecule has 0 aliphatic carbocycles. The van der Waals surface area contributed by atoms with Crippen LogP contribution in [0.15, 0.2) is 27.9 Å². The fourth-order valence-corrected chi connectivity index (χ4v) is 4.86. The number of thiazole rings is 1. The Bertz CT molecular complexity index is 936. The number of alkyl halides is 3. The molecule has 1 saturated heterocycles. The second kappa shape index (κ2) is 9.21. The molecule has 0 spiro atoms. The number of anilines is 1. The lowest BCUT2D eigenvalue weighted by Gasteiger charge is -2.25. The van der Waals surface area contributed by atoms with E-state index in [1.54, 1.807) is 4.90 Å². The molecule has 30 heavy (non-hydrogen) atoms. The van der Waals surface area contributed by atoms with Crippen LogP contribution in [0.3, 0.4) is 0 Å². The van der Waals surface area contributed by atoms with Gasteiger partial charge in [0.05, 0.1) is 5.56 Å². The molecule has 1 aromatic heterocycles. The number of likely N-dealkylation sites (tertiary alicyclic amines) is 1. The van der Waals surface area contributed by atoms with E-state index in [1.165, 1.54) is 34.5 Å². The minimum absolute atomic E-state index is 0.0284. The van der Waals surface area contributed by atoms with Crippen LogP contribution in [0, 0.1) is 5.82 Å². The van der Waals surface area contributed by atoms with E-state index < -0.39 is 23.5 Å². The third kappa shape index (κ3) is 5.42. The summed E-state index contributed by atoms with van der Waals surface area (Å²) in [6.07, 6.45) is -3.89. The largest absolute Gasteiger partial charge is 0.476 e. The summed E-state index contributed by atoms with van der Waals surface area (Å²) in [4.78, 5) is 28.6. The summed E-state index contributed by atoms with van der Waals surface area (Å²) >= 11 is 2.54. The number of aromatic nitrogens is 1. The topological polar surface area (TPSA) is 82.5 Å². The first kappa shape index (κ1) is 22.3. The van der Waals surface area contributed by atoms with Gasteiger partial charge in [0.1, 0.15) is 5.82 Å². The van der Waals surface area contributed by atoms with Crippen LogP contribution >= 0.6 is 23.1 Å². The number of carboxylic acid groups (broad SMARTS) is 1. The van der Waals surface area contributed by atoms with Gasteiger partial charge in [-0.2, -0.15) is 13.2 Å². The summed E-state index contributed by atoms with van der Waals surface area (Å²) < 4.78 is 52.5. The highest BCUT2D eigenvalue weighted by Gasteiger charge is 2.34. The Morgan fingerprint density at radius 1 is 1.40 bits per heavy atom. The molecule has 2 N–H and O–H groups in total. The quantitative estimate of drug-likeness (QED) is 0.451. The molecule has 2 heterocycles. The molecule has 1 fully saturated rings. The Balaban J connectivity index is 1.55. The maximum absolute atomic E-state index is 13.4. The first-order valence-electron chi connectivity index (χ1n) is 8.87. The summed E-state index contributed by atoms with van der Waals surface area (Å²) in [5.41, 5.74) is -1.24. The highest BCUT2D eigenvalue weighted by Crippen LogP contribution is 2.33. The van der Waals surface area contributed by atoms with Gasteiger partial charge in [-0.1, -0.05) is 11.8 Å². The van der Waals surface area contributed by atoms with E-state index >= 15 is 0 Å². The monoisotopic (exact) mass is 463 g/mol. The van der Waals surface area contributed by atoms with Crippen molar-refractivity contribution in [1.82, 2.24) is 9.88 Å². The molecule has 162 valence electrons. The number of amides is 1. The SMILES string of the molecule is O=C(O)c1csc(SCCN2C(=O)CC[C@@H]2CNc2ccc(F)c(C(F)(F)F)c2)n1. The molecule has 1 aliphatic rings. The zero-order chi connectivity index (χ0) is 21.9. The Hall–Kier alpha value is -2.34. The van der Waals surface area contributed by atoms with Gasteiger partial charge in [-0.25, -0.2) is 14.2 Å². The van der Waals surface area contributed by atoms with Crippen molar-refractivity contribution in [3.05, 3.63) is 40.7 Å². The average molecular weight is 463 g/mol. The predicted molar refractivity (Wildman–Crippen MR) is 104 cm³/mol. The third-order valence-electron chi connectivity index (χ3n) is 4.53. The van der Waals surface area contributed by atoms with E-state index in [9.17, 15) is 27.2 Å². The van der Waals surface area contributed by atoms with Crippen LogP contribution in [0.2, 0.25) is 0 Å². The number of benzene rings is 1. The van der Waals surface area contributed by atoms with E-state index in [4.69, 9.17) is 5.11 Å². The molecule has 0 saturated carbocycles. The minimum atomic E-state index is -4.79. The molecule has 6 nitrogen and oxygen atoms in total. The molecule has 12 heteroatoms. The zero-order valence-electron chi connectivity index (χ0n) is 15.4. The molecule has 0 radical (unpaired) electrons. The number of carboxylic acids is 1. The van der Waals surface area contributed by atoms with Crippen molar-refractivity contribution in [3.63, 3.8) is 0 Å². The summed E-state index contributed by atoms with van der Waals surface area (Å²) in [6.45, 7) is 0.634. The van der Waals surface area contributed by atoms with Crippen molar-refractivity contribution < 1.29 is 32.3 Å². The van der Waals surface area contributed by atoms with Gasteiger partial charge in [0, 0.05) is 42.4 Å². The molecule has 2 aromatic rings. The average Bonchev–Trinajstić information content (AvgIpc) is 3.28. The molecule has 1 aliphatic heterocycles. The smallest absolute Gasteiger partial charge is 0.419 e. The van der Waals surface area contributed by atoms with Crippen molar-refractivity contribution in [2.24, 2.45) is 0 Å². The van der Waals surface area contributed by atoms with Gasteiger partial charge >= 0.3 is 12.1 Å². The number of rotatable bonds is 8. The highest BCUT2D eigenvalue weighted by molar-refractivity contribution is 8.01. The van der Waals surface area contributed by atoms with Gasteiger partial charge in [0.15, 0.2) is 10.0 Å². The number of hydrogen-bond donors (Lipinski definition) is 2. The molecule has 0 bridgehead atoms. The van der Waals surface area contributed by atoms with Gasteiger partial charge in [-0.15, -0.1) is 11.3 Å². The zero-order valence-corrected chi connectivity index (χ0v) is 17.0. The summed E-state index contributed by atoms with van der Waals surface area (Å²) in [5, 5.41) is 13.2. The van der Waals surface area contributed by atoms with Gasteiger partial charge in [-0.3, -0.25) is 4.79 Å². The Morgan fingerprint density at radius 2 is 2.17 bits per heavy atom. The van der Waals surface area contributed by atoms with Crippen LogP contribution in [0.1, 0.15) is 28.9 Å². The van der Waals surface area contributed by atoms with Crippen molar-refractivity contribution >= 4 is 40.7 Å². The number of carbonyl (C=O) groups is 2. The number of aromatic carboxylic acids is 1. The summed E-state index contributed by atoms with van der Waals surface area (Å²) in [6, 6.07) is 2.50. The molecular formula is C18H17F4N3O3S2. The van der Waals surface area contributed by atoms with E-state index in [0.29, 0.717) is 29.5 Å². The van der Waals surface area contributed by atoms with Crippen LogP contribution in [0.25, 0.3) is 0 Å². The lowest BCUT2D eigenvalue weighted by Crippen LogP contribution is -2.39. The van der Waals surface area contributed by atoms with Crippen LogP contribution in [-0.2, 0) is 11.0 Å². The standard InChI is InChI=1S/C18H17F4N3O3S2/c19-13-3-1-10(7-12(13)18(20,21)22)23-8-11-2-4-15(26)25(11)5-6-29-17-24-14(9-30-17)16(27)28/h1,3,7,9,11,23H,2,4-6,8H2,(H,27,28)/t11-/m1/s1. The molecule has 3 rings (SSSR count). The number of thioether (sulfide) groups is 1. The molecule has 1 aromatic carbocycles. The maximum Gasteiger partial charge on any atom is 0.419 e. The van der Waals surface area contributed by atoms with Crippen molar-refractivity contribution in [2.75, 3.05) is 24.2 Å². The normalized spacial score (nSPS) is 16.9. The van der Waals surface area contributed by atoms with Crippen LogP contribution in [0.4, 0.5) is 23.2 Å². The van der Waals surface area contributed by atoms with Crippen LogP contribution in [0.5, 0.6) is 0 Å². The Morgan fingerprint density at radius 3 is 2.83 bits per heavy atom. The van der Waals surface area contributed by atoms with Gasteiger partial charge in [-0.05, 0) is 24.6 Å². The number of carbonyl (C=O) groups excluding carboxylic acids is 1. The second-order valence-electron chi connectivity index (χ2n) is 6.51. The van der Waals surface area contributed by atoms with Gasteiger partial charge < -0.3 is 15.3 Å². The lowest BCUT2D eigenvalue weighted by molar-refractivity contribution is -0.140. The van der Waals surface area contributed by atoms with Gasteiger partial charge in [0.25, 0.3) is 0 Å². The molecule has 1 amide bonds. The van der Waals surface area contributed by atoms with E-state index in [0.717, 1.165) is 12.1 Å². The van der Waals surface area contributed by atoms with Crippen molar-refractivity contribution in [1.29, 1.82) is 0 Å². The summed E-state index contributed by atoms with van der Waals surface area (Å²) in [5.74, 6) is -1.99. The number of nitrogens with zero attached hydrogens (tertiary/aromatic N) is 2. The molecule has 0 unspecified atom stereocenters. The Kier molecular flexibility index (Phi) is 6.86. The maximum atomic E-state index is 13.4. The fourth-order valence-electron chi connectivity index (χ4n) is 3.05. The molecular weight excluding hydrogens is 446 g/mol. The van der Waals surface area contributed by atoms with Gasteiger partial charge in [0.2, 0.25) is 5.91 Å². The Labute approximate surface area is 177 Å². The number of halogens is 4. The van der Waals surface area contributed by atoms with Crippen LogP contribution in [-0.4, -0.2) is 51.8 Å². The van der Waals surface area contributed by atoms with E-state index in [1.807, 2.05) is 0 Å². The minimum Gasteiger partial charge on any atom is -0.476 e. The molecule has 1 atom stereocenters. The number of hydrogen-bond acceptors (Lipinski definition) is 6. The van der Waals surface area contributed by atoms with Crippen molar-refractivity contribution in [2.45, 2.75) is 29.4 Å². The second-order valence-corrected chi connectivity index (χ2v) is 8.71. The first-order chi connectivity index (χ1) is 14.1. The predicted octanol–water partition coefficient (Wildman–Crippen LogP) is 4.19. The van der Waals surface area contributed by atoms with E-state index in [-0.39, 0.29) is 29.9 Å². The fraction of sp³-hybridized carbons (Fsp3) is 0.389. The van der Waals surface area contributed by atoms with E-state index in [2.05, 4.69) is 10.3 Å². The summed E-state index contributed by atoms with van der Waals surface area (Å²) in [7, 11) is 0. The van der Waals surface area contributed by atoms with Crippen molar-refractivity contribution in [3.8, 4) is 0 Å². The van der Waals surface area contributed by atoms with Crippen LogP contribution < -0.4 is 5.32 Å².